The van der Waals surface area contributed by atoms with Gasteiger partial charge in [0.2, 0.25) is 10.0 Å². The fraction of sp³-hybridized carbons (Fsp3) is 0.387. The molecular formula is C31H36ClN7O3S2. The number of anilines is 1. The Morgan fingerprint density at radius 2 is 1.91 bits per heavy atom. The van der Waals surface area contributed by atoms with Crippen molar-refractivity contribution in [3.8, 4) is 0 Å². The SMILES string of the molecule is C=CC(c1cc2ccc(Cl)cc2s1)S(=O)(=O)N1CC(C=O)N(Cc2ccc3c(N)ncnc3c2)[C@@H](CN2CCN(C)CC2)C1. The highest BCUT2D eigenvalue weighted by molar-refractivity contribution is 7.89. The largest absolute Gasteiger partial charge is 0.383 e. The molecule has 0 aliphatic carbocycles. The molecule has 0 spiro atoms. The summed E-state index contributed by atoms with van der Waals surface area (Å²) in [6.07, 6.45) is 3.81. The highest BCUT2D eigenvalue weighted by Gasteiger charge is 2.42. The number of rotatable bonds is 9. The second-order valence-electron chi connectivity index (χ2n) is 11.6. The molecule has 3 atom stereocenters. The number of hydrogen-bond acceptors (Lipinski definition) is 10. The van der Waals surface area contributed by atoms with Crippen molar-refractivity contribution in [3.05, 3.63) is 76.9 Å². The number of carbonyl (C=O) groups is 1. The molecular weight excluding hydrogens is 618 g/mol. The zero-order chi connectivity index (χ0) is 31.0. The second kappa shape index (κ2) is 12.8. The summed E-state index contributed by atoms with van der Waals surface area (Å²) >= 11 is 7.60. The van der Waals surface area contributed by atoms with Crippen LogP contribution >= 0.6 is 22.9 Å². The molecule has 2 aromatic heterocycles. The predicted molar refractivity (Wildman–Crippen MR) is 177 cm³/mol. The molecule has 232 valence electrons. The van der Waals surface area contributed by atoms with Gasteiger partial charge in [-0.3, -0.25) is 9.80 Å². The minimum atomic E-state index is -3.89. The first kappa shape index (κ1) is 31.0. The van der Waals surface area contributed by atoms with Gasteiger partial charge < -0.3 is 15.4 Å². The maximum atomic E-state index is 14.3. The number of carbonyl (C=O) groups excluding carboxylic acids is 1. The monoisotopic (exact) mass is 653 g/mol. The molecule has 0 radical (unpaired) electrons. The third-order valence-corrected chi connectivity index (χ3v) is 12.4. The van der Waals surface area contributed by atoms with Gasteiger partial charge in [-0.05, 0) is 48.3 Å². The number of piperazine rings is 2. The van der Waals surface area contributed by atoms with Gasteiger partial charge in [-0.2, -0.15) is 4.31 Å². The van der Waals surface area contributed by atoms with Crippen LogP contribution in [0.1, 0.15) is 15.7 Å². The normalized spacial score (nSPS) is 22.0. The highest BCUT2D eigenvalue weighted by atomic mass is 35.5. The molecule has 6 rings (SSSR count). The summed E-state index contributed by atoms with van der Waals surface area (Å²) in [6.45, 7) is 8.99. The number of nitrogen functional groups attached to an aromatic ring is 1. The molecule has 0 amide bonds. The van der Waals surface area contributed by atoms with Crippen molar-refractivity contribution < 1.29 is 13.2 Å². The molecule has 13 heteroatoms. The first-order valence-corrected chi connectivity index (χ1v) is 17.3. The lowest BCUT2D eigenvalue weighted by atomic mass is 10.0. The van der Waals surface area contributed by atoms with Gasteiger partial charge in [0.15, 0.2) is 0 Å². The average Bonchev–Trinajstić information content (AvgIpc) is 3.41. The van der Waals surface area contributed by atoms with Gasteiger partial charge in [-0.25, -0.2) is 18.4 Å². The van der Waals surface area contributed by atoms with Crippen molar-refractivity contribution in [1.29, 1.82) is 0 Å². The standard InChI is InChI=1S/C31H36ClN7O3S2/c1-3-30(29-13-22-5-6-23(32)14-28(22)43-29)44(41,42)38-17-24(16-37-10-8-36(2)9-11-37)39(25(18-38)19-40)15-21-4-7-26-27(12-21)34-20-35-31(26)33/h3-7,12-14,19-20,24-25,30H,1,8-11,15-18H2,2H3,(H2,33,34,35)/t24-,25?,30?/m0/s1. The van der Waals surface area contributed by atoms with Crippen LogP contribution in [0.4, 0.5) is 5.82 Å². The molecule has 44 heavy (non-hydrogen) atoms. The summed E-state index contributed by atoms with van der Waals surface area (Å²) < 4.78 is 31.0. The molecule has 2 saturated heterocycles. The van der Waals surface area contributed by atoms with Crippen LogP contribution in [0.5, 0.6) is 0 Å². The van der Waals surface area contributed by atoms with Crippen LogP contribution in [0.3, 0.4) is 0 Å². The lowest BCUT2D eigenvalue weighted by Gasteiger charge is -2.47. The van der Waals surface area contributed by atoms with Gasteiger partial charge >= 0.3 is 0 Å². The molecule has 2 N–H and O–H groups in total. The Bertz CT molecular complexity index is 1790. The number of likely N-dealkylation sites (N-methyl/N-ethyl adjacent to an activating group) is 1. The molecule has 4 aromatic rings. The summed E-state index contributed by atoms with van der Waals surface area (Å²) in [7, 11) is -1.79. The van der Waals surface area contributed by atoms with E-state index in [0.29, 0.717) is 28.8 Å². The topological polar surface area (TPSA) is 116 Å². The van der Waals surface area contributed by atoms with Crippen molar-refractivity contribution in [2.24, 2.45) is 0 Å². The van der Waals surface area contributed by atoms with E-state index in [0.717, 1.165) is 59.0 Å². The number of hydrogen-bond donors (Lipinski definition) is 1. The first-order chi connectivity index (χ1) is 21.2. The number of benzene rings is 2. The Labute approximate surface area is 266 Å². The smallest absolute Gasteiger partial charge is 0.225 e. The van der Waals surface area contributed by atoms with Gasteiger partial charge in [0.1, 0.15) is 23.7 Å². The summed E-state index contributed by atoms with van der Waals surface area (Å²) in [5.41, 5.74) is 7.74. The van der Waals surface area contributed by atoms with Gasteiger partial charge in [0.05, 0.1) is 11.6 Å². The van der Waals surface area contributed by atoms with Gasteiger partial charge in [-0.1, -0.05) is 29.8 Å². The number of thiophene rings is 1. The van der Waals surface area contributed by atoms with E-state index in [2.05, 4.69) is 38.3 Å². The molecule has 0 saturated carbocycles. The maximum Gasteiger partial charge on any atom is 0.225 e. The van der Waals surface area contributed by atoms with E-state index < -0.39 is 21.3 Å². The van der Waals surface area contributed by atoms with Crippen LogP contribution in [0, 0.1) is 0 Å². The van der Waals surface area contributed by atoms with E-state index in [1.165, 1.54) is 28.0 Å². The second-order valence-corrected chi connectivity index (χ2v) is 15.2. The van der Waals surface area contributed by atoms with Crippen molar-refractivity contribution >= 4 is 66.1 Å². The molecule has 2 aliphatic heterocycles. The predicted octanol–water partition coefficient (Wildman–Crippen LogP) is 3.64. The van der Waals surface area contributed by atoms with Crippen molar-refractivity contribution in [3.63, 3.8) is 0 Å². The van der Waals surface area contributed by atoms with Crippen LogP contribution in [-0.2, 0) is 21.4 Å². The van der Waals surface area contributed by atoms with Crippen LogP contribution in [0.25, 0.3) is 21.0 Å². The summed E-state index contributed by atoms with van der Waals surface area (Å²) in [5.74, 6) is 0.414. The third kappa shape index (κ3) is 6.25. The third-order valence-electron chi connectivity index (χ3n) is 8.70. The highest BCUT2D eigenvalue weighted by Crippen LogP contribution is 2.38. The van der Waals surface area contributed by atoms with E-state index in [-0.39, 0.29) is 19.1 Å². The lowest BCUT2D eigenvalue weighted by molar-refractivity contribution is -0.116. The molecule has 0 bridgehead atoms. The number of nitrogens with zero attached hydrogens (tertiary/aromatic N) is 6. The molecule has 2 aliphatic rings. The first-order valence-electron chi connectivity index (χ1n) is 14.6. The van der Waals surface area contributed by atoms with Crippen molar-refractivity contribution in [2.75, 3.05) is 58.6 Å². The number of sulfonamides is 1. The average molecular weight is 654 g/mol. The van der Waals surface area contributed by atoms with Crippen LogP contribution < -0.4 is 5.73 Å². The maximum absolute atomic E-state index is 14.3. The summed E-state index contributed by atoms with van der Waals surface area (Å²) in [4.78, 5) is 28.6. The number of halogens is 1. The van der Waals surface area contributed by atoms with E-state index in [9.17, 15) is 13.2 Å². The Morgan fingerprint density at radius 3 is 2.66 bits per heavy atom. The van der Waals surface area contributed by atoms with Crippen LogP contribution in [0.2, 0.25) is 5.02 Å². The minimum Gasteiger partial charge on any atom is -0.383 e. The summed E-state index contributed by atoms with van der Waals surface area (Å²) in [6, 6.07) is 12.4. The van der Waals surface area contributed by atoms with Crippen LogP contribution in [0.15, 0.2) is 61.4 Å². The number of fused-ring (bicyclic) bond motifs is 2. The number of aromatic nitrogens is 2. The molecule has 10 nitrogen and oxygen atoms in total. The zero-order valence-electron chi connectivity index (χ0n) is 24.5. The fourth-order valence-corrected chi connectivity index (χ4v) is 9.70. The van der Waals surface area contributed by atoms with E-state index in [1.807, 2.05) is 36.4 Å². The number of nitrogens with two attached hydrogens (primary N) is 1. The molecule has 2 fully saturated rings. The zero-order valence-corrected chi connectivity index (χ0v) is 26.9. The molecule has 4 heterocycles. The van der Waals surface area contributed by atoms with E-state index in [4.69, 9.17) is 17.3 Å². The van der Waals surface area contributed by atoms with Gasteiger partial charge in [-0.15, -0.1) is 17.9 Å². The number of aldehydes is 1. The quantitative estimate of drug-likeness (QED) is 0.214. The molecule has 2 unspecified atom stereocenters. The van der Waals surface area contributed by atoms with E-state index in [1.54, 1.807) is 6.07 Å². The molecule has 2 aromatic carbocycles. The van der Waals surface area contributed by atoms with Gasteiger partial charge in [0.25, 0.3) is 0 Å². The minimum absolute atomic E-state index is 0.0643. The van der Waals surface area contributed by atoms with Crippen molar-refractivity contribution in [1.82, 2.24) is 29.0 Å². The Balaban J connectivity index is 1.31. The lowest BCUT2D eigenvalue weighted by Crippen LogP contribution is -2.63. The van der Waals surface area contributed by atoms with E-state index >= 15 is 0 Å². The Hall–Kier alpha value is -2.97. The Kier molecular flexibility index (Phi) is 9.02. The van der Waals surface area contributed by atoms with Crippen LogP contribution in [-0.4, -0.2) is 109 Å². The van der Waals surface area contributed by atoms with Crippen molar-refractivity contribution in [2.45, 2.75) is 23.9 Å². The van der Waals surface area contributed by atoms with Gasteiger partial charge in [0, 0.05) is 78.4 Å². The fourth-order valence-electron chi connectivity index (χ4n) is 6.21. The summed E-state index contributed by atoms with van der Waals surface area (Å²) in [5, 5.41) is 1.37. The Morgan fingerprint density at radius 1 is 1.11 bits per heavy atom.